The molecule has 2 aromatic carbocycles. The van der Waals surface area contributed by atoms with Crippen LogP contribution in [0.2, 0.25) is 0 Å². The van der Waals surface area contributed by atoms with Crippen LogP contribution in [0.15, 0.2) is 60.0 Å². The first-order valence-corrected chi connectivity index (χ1v) is 12.7. The zero-order valence-corrected chi connectivity index (χ0v) is 19.3. The molecule has 0 saturated carbocycles. The first-order valence-electron chi connectivity index (χ1n) is 10.7. The van der Waals surface area contributed by atoms with Crippen molar-refractivity contribution >= 4 is 46.2 Å². The lowest BCUT2D eigenvalue weighted by Crippen LogP contribution is -2.52. The van der Waals surface area contributed by atoms with Gasteiger partial charge < -0.3 is 5.32 Å². The third-order valence-electron chi connectivity index (χ3n) is 7.10. The van der Waals surface area contributed by atoms with Crippen LogP contribution < -0.4 is 5.32 Å². The summed E-state index contributed by atoms with van der Waals surface area (Å²) in [4.78, 5) is 41.5. The van der Waals surface area contributed by atoms with Gasteiger partial charge in [0.1, 0.15) is 11.4 Å². The molecular weight excluding hydrogens is 477 g/mol. The normalized spacial score (nSPS) is 27.6. The second-order valence-corrected chi connectivity index (χ2v) is 10.6. The smallest absolute Gasteiger partial charge is 0.269 e. The summed E-state index contributed by atoms with van der Waals surface area (Å²) >= 11 is 2.93. The third kappa shape index (κ3) is 2.85. The number of Topliss-reactive ketones (excluding diaryl/α,β-unsaturated/α-hetero) is 1. The van der Waals surface area contributed by atoms with Crippen molar-refractivity contribution in [2.24, 2.45) is 5.92 Å². The number of amides is 1. The van der Waals surface area contributed by atoms with Gasteiger partial charge in [-0.3, -0.25) is 24.6 Å². The Kier molecular flexibility index (Phi) is 4.87. The summed E-state index contributed by atoms with van der Waals surface area (Å²) in [7, 11) is 0. The topological polar surface area (TPSA) is 92.5 Å². The molecule has 1 N–H and O–H groups in total. The number of thioether (sulfide) groups is 1. The van der Waals surface area contributed by atoms with Crippen LogP contribution in [-0.2, 0) is 10.3 Å². The van der Waals surface area contributed by atoms with Crippen LogP contribution >= 0.6 is 23.1 Å². The van der Waals surface area contributed by atoms with Crippen LogP contribution in [0.1, 0.15) is 26.7 Å². The van der Waals surface area contributed by atoms with Gasteiger partial charge in [0, 0.05) is 47.0 Å². The second kappa shape index (κ2) is 7.72. The molecule has 1 spiro atoms. The number of rotatable bonds is 4. The number of nitro groups is 1. The molecule has 1 amide bonds. The maximum atomic E-state index is 14.5. The predicted molar refractivity (Wildman–Crippen MR) is 128 cm³/mol. The average molecular weight is 496 g/mol. The summed E-state index contributed by atoms with van der Waals surface area (Å²) < 4.78 is 14.5. The van der Waals surface area contributed by atoms with Crippen molar-refractivity contribution in [2.45, 2.75) is 17.5 Å². The van der Waals surface area contributed by atoms with Gasteiger partial charge in [-0.1, -0.05) is 18.2 Å². The van der Waals surface area contributed by atoms with E-state index in [4.69, 9.17) is 0 Å². The lowest BCUT2D eigenvalue weighted by molar-refractivity contribution is -0.384. The van der Waals surface area contributed by atoms with E-state index in [1.165, 1.54) is 41.7 Å². The molecule has 0 unspecified atom stereocenters. The van der Waals surface area contributed by atoms with Crippen molar-refractivity contribution in [3.05, 3.63) is 91.9 Å². The van der Waals surface area contributed by atoms with Crippen LogP contribution in [0.5, 0.6) is 0 Å². The van der Waals surface area contributed by atoms with Crippen LogP contribution in [0.4, 0.5) is 15.8 Å². The number of nitrogens with zero attached hydrogens (tertiary/aromatic N) is 2. The Hall–Kier alpha value is -3.08. The number of fused-ring (bicyclic) bond motifs is 4. The number of nitro benzene ring substituents is 1. The highest BCUT2D eigenvalue weighted by molar-refractivity contribution is 7.99. The van der Waals surface area contributed by atoms with E-state index in [2.05, 4.69) is 5.32 Å². The number of carbonyl (C=O) groups excluding carboxylic acids is 2. The number of anilines is 1. The van der Waals surface area contributed by atoms with Crippen LogP contribution in [0.3, 0.4) is 0 Å². The lowest BCUT2D eigenvalue weighted by Gasteiger charge is -2.36. The number of nitrogens with one attached hydrogen (secondary N) is 1. The monoisotopic (exact) mass is 495 g/mol. The van der Waals surface area contributed by atoms with Crippen molar-refractivity contribution < 1.29 is 18.9 Å². The Morgan fingerprint density at radius 3 is 2.82 bits per heavy atom. The van der Waals surface area contributed by atoms with E-state index in [9.17, 15) is 24.1 Å². The molecule has 10 heteroatoms. The van der Waals surface area contributed by atoms with Gasteiger partial charge in [0.2, 0.25) is 5.91 Å². The SMILES string of the molecule is O=C(c1cccs1)[C@H]1[C@@H](c2cccc([N+](=O)[O-])c2)[C@@H]2CSCN2[C@@]12C(=O)Nc1ccc(F)cc12. The molecule has 3 aliphatic rings. The van der Waals surface area contributed by atoms with Crippen LogP contribution in [0.25, 0.3) is 0 Å². The minimum absolute atomic E-state index is 0.0692. The largest absolute Gasteiger partial charge is 0.324 e. The molecule has 4 atom stereocenters. The van der Waals surface area contributed by atoms with E-state index in [0.717, 1.165) is 0 Å². The summed E-state index contributed by atoms with van der Waals surface area (Å²) in [5.41, 5.74) is 0.108. The summed E-state index contributed by atoms with van der Waals surface area (Å²) in [6.07, 6.45) is 0. The summed E-state index contributed by atoms with van der Waals surface area (Å²) in [5.74, 6) is -1.26. The molecule has 7 nitrogen and oxygen atoms in total. The van der Waals surface area contributed by atoms with Gasteiger partial charge in [0.25, 0.3) is 5.69 Å². The first-order chi connectivity index (χ1) is 16.4. The van der Waals surface area contributed by atoms with Gasteiger partial charge in [-0.25, -0.2) is 4.39 Å². The molecule has 0 bridgehead atoms. The molecule has 4 heterocycles. The highest BCUT2D eigenvalue weighted by atomic mass is 32.2. The van der Waals surface area contributed by atoms with Crippen molar-refractivity contribution in [2.75, 3.05) is 16.9 Å². The van der Waals surface area contributed by atoms with Gasteiger partial charge >= 0.3 is 0 Å². The highest BCUT2D eigenvalue weighted by Gasteiger charge is 2.69. The van der Waals surface area contributed by atoms with E-state index in [-0.39, 0.29) is 23.4 Å². The molecule has 1 aromatic heterocycles. The summed E-state index contributed by atoms with van der Waals surface area (Å²) in [5, 5.41) is 16.2. The van der Waals surface area contributed by atoms with Gasteiger partial charge in [-0.2, -0.15) is 0 Å². The van der Waals surface area contributed by atoms with E-state index in [1.807, 2.05) is 4.90 Å². The first kappa shape index (κ1) is 21.5. The standard InChI is InChI=1S/C24H18FN3O4S2/c25-14-6-7-17-16(10-14)24(23(30)26-17)21(22(29)19-5-2-8-34-19)20(18-11-33-12-27(18)24)13-3-1-4-15(9-13)28(31)32/h1-10,18,20-21H,11-12H2,(H,26,30)/t18-,20-,21+,24+/m0/s1. The Bertz CT molecular complexity index is 1350. The minimum Gasteiger partial charge on any atom is -0.324 e. The maximum absolute atomic E-state index is 14.5. The van der Waals surface area contributed by atoms with E-state index in [1.54, 1.807) is 41.4 Å². The number of ketones is 1. The van der Waals surface area contributed by atoms with E-state index >= 15 is 0 Å². The minimum atomic E-state index is -1.40. The molecule has 3 aromatic rings. The fraction of sp³-hybridized carbons (Fsp3) is 0.250. The maximum Gasteiger partial charge on any atom is 0.269 e. The summed E-state index contributed by atoms with van der Waals surface area (Å²) in [6, 6.07) is 13.8. The van der Waals surface area contributed by atoms with Gasteiger partial charge in [0.05, 0.1) is 15.7 Å². The number of benzene rings is 2. The molecular formula is C24H18FN3O4S2. The van der Waals surface area contributed by atoms with Crippen molar-refractivity contribution in [1.29, 1.82) is 0 Å². The zero-order chi connectivity index (χ0) is 23.6. The van der Waals surface area contributed by atoms with E-state index < -0.39 is 28.1 Å². The lowest BCUT2D eigenvalue weighted by atomic mass is 9.70. The number of hydrogen-bond donors (Lipinski definition) is 1. The van der Waals surface area contributed by atoms with Crippen molar-refractivity contribution in [3.63, 3.8) is 0 Å². The second-order valence-electron chi connectivity index (χ2n) is 8.64. The molecule has 0 radical (unpaired) electrons. The number of hydrogen-bond acceptors (Lipinski definition) is 7. The Labute approximate surface area is 202 Å². The van der Waals surface area contributed by atoms with E-state index in [0.29, 0.717) is 33.3 Å². The zero-order valence-electron chi connectivity index (χ0n) is 17.6. The van der Waals surface area contributed by atoms with Crippen LogP contribution in [-0.4, -0.2) is 39.2 Å². The van der Waals surface area contributed by atoms with Gasteiger partial charge in [-0.15, -0.1) is 23.1 Å². The molecule has 6 rings (SSSR count). The Morgan fingerprint density at radius 2 is 2.06 bits per heavy atom. The number of thiophene rings is 1. The van der Waals surface area contributed by atoms with Gasteiger partial charge in [-0.05, 0) is 35.2 Å². The fourth-order valence-corrected chi connectivity index (χ4v) is 7.87. The molecule has 2 fully saturated rings. The Balaban J connectivity index is 1.63. The quantitative estimate of drug-likeness (QED) is 0.323. The van der Waals surface area contributed by atoms with Crippen LogP contribution in [0, 0.1) is 21.8 Å². The third-order valence-corrected chi connectivity index (χ3v) is 9.02. The van der Waals surface area contributed by atoms with Gasteiger partial charge in [0.15, 0.2) is 5.78 Å². The number of carbonyl (C=O) groups is 2. The highest BCUT2D eigenvalue weighted by Crippen LogP contribution is 2.61. The molecule has 2 saturated heterocycles. The molecule has 34 heavy (non-hydrogen) atoms. The number of non-ortho nitro benzene ring substituents is 1. The Morgan fingerprint density at radius 1 is 1.21 bits per heavy atom. The molecule has 0 aliphatic carbocycles. The number of halogens is 1. The molecule has 3 aliphatic heterocycles. The predicted octanol–water partition coefficient (Wildman–Crippen LogP) is 4.61. The molecule has 172 valence electrons. The average Bonchev–Trinajstić information content (AvgIpc) is 3.60. The fourth-order valence-electron chi connectivity index (χ4n) is 5.84. The van der Waals surface area contributed by atoms with Crippen molar-refractivity contribution in [1.82, 2.24) is 4.90 Å². The van der Waals surface area contributed by atoms with Crippen molar-refractivity contribution in [3.8, 4) is 0 Å². The summed E-state index contributed by atoms with van der Waals surface area (Å²) in [6.45, 7) is 0.